The highest BCUT2D eigenvalue weighted by Crippen LogP contribution is 2.32. The quantitative estimate of drug-likeness (QED) is 0.805. The van der Waals surface area contributed by atoms with Gasteiger partial charge < -0.3 is 5.73 Å². The van der Waals surface area contributed by atoms with Crippen LogP contribution in [0.25, 0.3) is 0 Å². The van der Waals surface area contributed by atoms with Crippen LogP contribution in [0.2, 0.25) is 0 Å². The molecular weight excluding hydrogens is 274 g/mol. The highest BCUT2D eigenvalue weighted by Gasteiger charge is 2.16. The number of rotatable bonds is 4. The third kappa shape index (κ3) is 3.56. The summed E-state index contributed by atoms with van der Waals surface area (Å²) in [6, 6.07) is 11.5. The van der Waals surface area contributed by atoms with Crippen LogP contribution in [-0.2, 0) is 25.7 Å². The molecule has 1 aromatic heterocycles. The van der Waals surface area contributed by atoms with E-state index in [1.807, 2.05) is 11.3 Å². The predicted octanol–water partition coefficient (Wildman–Crippen LogP) is 4.82. The molecule has 1 aliphatic rings. The lowest BCUT2D eigenvalue weighted by molar-refractivity contribution is 0.709. The Bertz CT molecular complexity index is 559. The van der Waals surface area contributed by atoms with Crippen molar-refractivity contribution in [2.75, 3.05) is 0 Å². The van der Waals surface area contributed by atoms with Crippen molar-refractivity contribution in [1.82, 2.24) is 0 Å². The van der Waals surface area contributed by atoms with Crippen LogP contribution in [0, 0.1) is 0 Å². The second-order valence-corrected chi connectivity index (χ2v) is 7.31. The van der Waals surface area contributed by atoms with E-state index in [1.54, 1.807) is 10.4 Å². The molecule has 1 nitrogen and oxygen atoms in total. The standard InChI is InChI=1S/C19H25NS/c1-2-14-8-10-15(11-9-14)12-17(20)19-13-16-6-4-3-5-7-18(16)21-19/h8-11,13,17H,2-7,12,20H2,1H3. The zero-order valence-corrected chi connectivity index (χ0v) is 13.7. The van der Waals surface area contributed by atoms with Crippen molar-refractivity contribution in [3.63, 3.8) is 0 Å². The van der Waals surface area contributed by atoms with E-state index in [2.05, 4.69) is 37.3 Å². The molecule has 0 spiro atoms. The molecule has 0 aliphatic heterocycles. The Morgan fingerprint density at radius 2 is 1.76 bits per heavy atom. The lowest BCUT2D eigenvalue weighted by Crippen LogP contribution is -2.11. The maximum atomic E-state index is 6.46. The summed E-state index contributed by atoms with van der Waals surface area (Å²) in [5.41, 5.74) is 10.8. The molecule has 1 heterocycles. The first-order chi connectivity index (χ1) is 10.3. The molecule has 0 saturated heterocycles. The molecule has 112 valence electrons. The van der Waals surface area contributed by atoms with Crippen LogP contribution in [0.5, 0.6) is 0 Å². The molecular formula is C19H25NS. The average Bonchev–Trinajstić information content (AvgIpc) is 2.79. The van der Waals surface area contributed by atoms with E-state index in [-0.39, 0.29) is 6.04 Å². The second-order valence-electron chi connectivity index (χ2n) is 6.14. The predicted molar refractivity (Wildman–Crippen MR) is 92.0 cm³/mol. The lowest BCUT2D eigenvalue weighted by atomic mass is 10.0. The van der Waals surface area contributed by atoms with Crippen LogP contribution in [-0.4, -0.2) is 0 Å². The van der Waals surface area contributed by atoms with Gasteiger partial charge in [-0.15, -0.1) is 11.3 Å². The largest absolute Gasteiger partial charge is 0.323 e. The van der Waals surface area contributed by atoms with Crippen molar-refractivity contribution in [1.29, 1.82) is 0 Å². The molecule has 0 fully saturated rings. The Hall–Kier alpha value is -1.12. The first-order valence-electron chi connectivity index (χ1n) is 8.21. The Morgan fingerprint density at radius 3 is 2.52 bits per heavy atom. The van der Waals surface area contributed by atoms with E-state index in [0.717, 1.165) is 12.8 Å². The van der Waals surface area contributed by atoms with Gasteiger partial charge in [-0.3, -0.25) is 0 Å². The Balaban J connectivity index is 1.71. The topological polar surface area (TPSA) is 26.0 Å². The van der Waals surface area contributed by atoms with Gasteiger partial charge in [0.2, 0.25) is 0 Å². The minimum absolute atomic E-state index is 0.148. The van der Waals surface area contributed by atoms with Crippen LogP contribution in [0.3, 0.4) is 0 Å². The Kier molecular flexibility index (Phi) is 4.77. The summed E-state index contributed by atoms with van der Waals surface area (Å²) in [5, 5.41) is 0. The molecule has 3 rings (SSSR count). The lowest BCUT2D eigenvalue weighted by Gasteiger charge is -2.10. The van der Waals surface area contributed by atoms with Crippen LogP contribution >= 0.6 is 11.3 Å². The van der Waals surface area contributed by atoms with Crippen molar-refractivity contribution in [2.45, 2.75) is 57.9 Å². The molecule has 21 heavy (non-hydrogen) atoms. The van der Waals surface area contributed by atoms with E-state index in [0.29, 0.717) is 0 Å². The van der Waals surface area contributed by atoms with E-state index in [9.17, 15) is 0 Å². The molecule has 1 atom stereocenters. The Labute approximate surface area is 132 Å². The molecule has 0 amide bonds. The maximum Gasteiger partial charge on any atom is 0.0430 e. The van der Waals surface area contributed by atoms with Gasteiger partial charge in [0.1, 0.15) is 0 Å². The van der Waals surface area contributed by atoms with E-state index in [1.165, 1.54) is 48.1 Å². The smallest absolute Gasteiger partial charge is 0.0430 e. The monoisotopic (exact) mass is 299 g/mol. The molecule has 0 bridgehead atoms. The number of hydrogen-bond donors (Lipinski definition) is 1. The van der Waals surface area contributed by atoms with Gasteiger partial charge in [0.15, 0.2) is 0 Å². The molecule has 2 aromatic rings. The van der Waals surface area contributed by atoms with Crippen molar-refractivity contribution >= 4 is 11.3 Å². The summed E-state index contributed by atoms with van der Waals surface area (Å²) in [6.07, 6.45) is 8.64. The van der Waals surface area contributed by atoms with Crippen LogP contribution < -0.4 is 5.73 Å². The molecule has 1 unspecified atom stereocenters. The van der Waals surface area contributed by atoms with Gasteiger partial charge in [-0.05, 0) is 61.3 Å². The maximum absolute atomic E-state index is 6.46. The number of hydrogen-bond acceptors (Lipinski definition) is 2. The van der Waals surface area contributed by atoms with Crippen molar-refractivity contribution in [3.05, 3.63) is 56.8 Å². The van der Waals surface area contributed by atoms with Gasteiger partial charge >= 0.3 is 0 Å². The summed E-state index contributed by atoms with van der Waals surface area (Å²) < 4.78 is 0. The third-order valence-electron chi connectivity index (χ3n) is 4.52. The fourth-order valence-corrected chi connectivity index (χ4v) is 4.40. The SMILES string of the molecule is CCc1ccc(CC(N)c2cc3c(s2)CCCCC3)cc1. The van der Waals surface area contributed by atoms with Crippen LogP contribution in [0.1, 0.15) is 58.7 Å². The molecule has 2 heteroatoms. The highest BCUT2D eigenvalue weighted by atomic mass is 32.1. The highest BCUT2D eigenvalue weighted by molar-refractivity contribution is 7.12. The fourth-order valence-electron chi connectivity index (χ4n) is 3.14. The summed E-state index contributed by atoms with van der Waals surface area (Å²) >= 11 is 1.96. The van der Waals surface area contributed by atoms with Gasteiger partial charge in [-0.2, -0.15) is 0 Å². The number of thiophene rings is 1. The number of fused-ring (bicyclic) bond motifs is 1. The second kappa shape index (κ2) is 6.76. The zero-order chi connectivity index (χ0) is 14.7. The number of nitrogens with two attached hydrogens (primary N) is 1. The third-order valence-corrected chi connectivity index (χ3v) is 5.89. The zero-order valence-electron chi connectivity index (χ0n) is 12.9. The first-order valence-corrected chi connectivity index (χ1v) is 9.03. The molecule has 1 aromatic carbocycles. The van der Waals surface area contributed by atoms with E-state index >= 15 is 0 Å². The van der Waals surface area contributed by atoms with Gasteiger partial charge in [-0.1, -0.05) is 37.6 Å². The summed E-state index contributed by atoms with van der Waals surface area (Å²) in [6.45, 7) is 2.19. The van der Waals surface area contributed by atoms with Crippen molar-refractivity contribution in [3.8, 4) is 0 Å². The van der Waals surface area contributed by atoms with Gasteiger partial charge in [0, 0.05) is 15.8 Å². The normalized spacial score (nSPS) is 16.3. The first kappa shape index (κ1) is 14.8. The van der Waals surface area contributed by atoms with Crippen LogP contribution in [0.15, 0.2) is 30.3 Å². The van der Waals surface area contributed by atoms with Gasteiger partial charge in [0.25, 0.3) is 0 Å². The number of aryl methyl sites for hydroxylation is 3. The van der Waals surface area contributed by atoms with Crippen molar-refractivity contribution < 1.29 is 0 Å². The molecule has 1 aliphatic carbocycles. The van der Waals surface area contributed by atoms with Gasteiger partial charge in [-0.25, -0.2) is 0 Å². The minimum atomic E-state index is 0.148. The summed E-state index contributed by atoms with van der Waals surface area (Å²) in [5.74, 6) is 0. The number of benzene rings is 1. The Morgan fingerprint density at radius 1 is 1.05 bits per heavy atom. The summed E-state index contributed by atoms with van der Waals surface area (Å²) in [7, 11) is 0. The molecule has 2 N–H and O–H groups in total. The van der Waals surface area contributed by atoms with Crippen molar-refractivity contribution in [2.24, 2.45) is 5.73 Å². The minimum Gasteiger partial charge on any atom is -0.323 e. The molecule has 0 saturated carbocycles. The molecule has 0 radical (unpaired) electrons. The summed E-state index contributed by atoms with van der Waals surface area (Å²) in [4.78, 5) is 2.97. The van der Waals surface area contributed by atoms with E-state index < -0.39 is 0 Å². The average molecular weight is 299 g/mol. The van der Waals surface area contributed by atoms with Gasteiger partial charge in [0.05, 0.1) is 0 Å². The van der Waals surface area contributed by atoms with Crippen LogP contribution in [0.4, 0.5) is 0 Å². The van der Waals surface area contributed by atoms with E-state index in [4.69, 9.17) is 5.73 Å². The fraction of sp³-hybridized carbons (Fsp3) is 0.474.